The first kappa shape index (κ1) is 24.9. The third kappa shape index (κ3) is 3.84. The van der Waals surface area contributed by atoms with Crippen molar-refractivity contribution in [3.63, 3.8) is 0 Å². The highest BCUT2D eigenvalue weighted by atomic mass is 19.4. The van der Waals surface area contributed by atoms with Gasteiger partial charge in [0.05, 0.1) is 24.3 Å². The van der Waals surface area contributed by atoms with Crippen LogP contribution in [-0.4, -0.2) is 16.3 Å². The maximum atomic E-state index is 13.4. The summed E-state index contributed by atoms with van der Waals surface area (Å²) in [5, 5.41) is 11.3. The number of benzene rings is 4. The number of rotatable bonds is 3. The molecule has 0 fully saturated rings. The Morgan fingerprint density at radius 3 is 1.79 bits per heavy atom. The molecule has 0 aliphatic heterocycles. The van der Waals surface area contributed by atoms with Gasteiger partial charge in [0, 0.05) is 26.9 Å². The summed E-state index contributed by atoms with van der Waals surface area (Å²) in [6.07, 6.45) is -10.00. The number of nitrogens with zero attached hydrogens (tertiary/aromatic N) is 1. The van der Waals surface area contributed by atoms with Crippen LogP contribution in [0.1, 0.15) is 11.1 Å². The van der Waals surface area contributed by atoms with E-state index < -0.39 is 41.2 Å². The highest BCUT2D eigenvalue weighted by molar-refractivity contribution is 6.26. The molecular weight excluding hydrogens is 528 g/mol. The number of aromatic nitrogens is 1. The Labute approximate surface area is 213 Å². The monoisotopic (exact) mass is 543 g/mol. The summed E-state index contributed by atoms with van der Waals surface area (Å²) in [7, 11) is 0. The first-order valence-electron chi connectivity index (χ1n) is 11.6. The van der Waals surface area contributed by atoms with Gasteiger partial charge < -0.3 is 9.52 Å². The number of fused-ring (bicyclic) bond motifs is 2. The standard InChI is InChI=1S/C28H15F6NO4/c29-27(30,31)15-9-14(10-16(12-15)28(32,33)34)13-1-5-21-20(11-13)17-2-3-18-23-19(4-6-22(39-21)24(17)23)26(38)35(7-8-36)25(18)37/h1-6,9-12,36H,7-8H2. The molecule has 0 aliphatic carbocycles. The lowest BCUT2D eigenvalue weighted by Gasteiger charge is -2.16. The van der Waals surface area contributed by atoms with Crippen molar-refractivity contribution in [1.29, 1.82) is 0 Å². The third-order valence-corrected chi connectivity index (χ3v) is 6.81. The Kier molecular flexibility index (Phi) is 5.31. The van der Waals surface area contributed by atoms with Crippen LogP contribution in [0, 0.1) is 0 Å². The Morgan fingerprint density at radius 1 is 0.641 bits per heavy atom. The molecule has 198 valence electrons. The number of pyridine rings is 1. The molecule has 0 saturated carbocycles. The normalized spacial score (nSPS) is 12.9. The summed E-state index contributed by atoms with van der Waals surface area (Å²) >= 11 is 0. The quantitative estimate of drug-likeness (QED) is 0.156. The molecule has 0 atom stereocenters. The van der Waals surface area contributed by atoms with Gasteiger partial charge in [0.1, 0.15) is 11.2 Å². The van der Waals surface area contributed by atoms with Crippen LogP contribution in [0.5, 0.6) is 0 Å². The zero-order valence-corrected chi connectivity index (χ0v) is 19.6. The second-order valence-corrected chi connectivity index (χ2v) is 9.12. The minimum Gasteiger partial charge on any atom is -0.456 e. The van der Waals surface area contributed by atoms with Gasteiger partial charge in [-0.2, -0.15) is 26.3 Å². The van der Waals surface area contributed by atoms with Crippen LogP contribution in [-0.2, 0) is 18.9 Å². The van der Waals surface area contributed by atoms with E-state index in [1.54, 1.807) is 12.1 Å². The number of halogens is 6. The van der Waals surface area contributed by atoms with Gasteiger partial charge in [-0.1, -0.05) is 12.1 Å². The molecule has 0 aliphatic rings. The van der Waals surface area contributed by atoms with Crippen molar-refractivity contribution in [3.05, 3.63) is 92.5 Å². The van der Waals surface area contributed by atoms with Crippen LogP contribution in [0.2, 0.25) is 0 Å². The largest absolute Gasteiger partial charge is 0.456 e. The molecule has 11 heteroatoms. The molecule has 0 saturated heterocycles. The first-order valence-corrected chi connectivity index (χ1v) is 11.6. The van der Waals surface area contributed by atoms with Gasteiger partial charge in [-0.15, -0.1) is 0 Å². The van der Waals surface area contributed by atoms with E-state index in [1.807, 2.05) is 0 Å². The van der Waals surface area contributed by atoms with Gasteiger partial charge in [-0.05, 0) is 65.0 Å². The molecule has 6 aromatic rings. The van der Waals surface area contributed by atoms with E-state index in [9.17, 15) is 41.0 Å². The topological polar surface area (TPSA) is 72.4 Å². The Hall–Kier alpha value is -4.38. The van der Waals surface area contributed by atoms with Gasteiger partial charge in [0.15, 0.2) is 0 Å². The average Bonchev–Trinajstić information content (AvgIpc) is 2.89. The summed E-state index contributed by atoms with van der Waals surface area (Å²) in [6.45, 7) is -0.612. The molecule has 0 unspecified atom stereocenters. The first-order chi connectivity index (χ1) is 18.4. The predicted octanol–water partition coefficient (Wildman–Crippen LogP) is 6.55. The van der Waals surface area contributed by atoms with E-state index >= 15 is 0 Å². The second kappa shape index (κ2) is 8.31. The molecule has 0 spiro atoms. The highest BCUT2D eigenvalue weighted by Crippen LogP contribution is 2.41. The van der Waals surface area contributed by atoms with E-state index in [0.29, 0.717) is 44.8 Å². The number of aliphatic hydroxyl groups is 1. The third-order valence-electron chi connectivity index (χ3n) is 6.81. The number of hydrogen-bond donors (Lipinski definition) is 1. The highest BCUT2D eigenvalue weighted by Gasteiger charge is 2.37. The molecule has 5 nitrogen and oxygen atoms in total. The van der Waals surface area contributed by atoms with Crippen molar-refractivity contribution in [1.82, 2.24) is 4.57 Å². The van der Waals surface area contributed by atoms with Gasteiger partial charge in [-0.3, -0.25) is 14.2 Å². The Morgan fingerprint density at radius 2 is 1.21 bits per heavy atom. The van der Waals surface area contributed by atoms with Crippen molar-refractivity contribution in [2.75, 3.05) is 6.61 Å². The number of alkyl halides is 6. The SMILES string of the molecule is O=c1c2ccc3oc4ccc(-c5cc(C(F)(F)F)cc(C(F)(F)F)c5)cc4c4ccc(c(=O)n1CCO)c2c34. The van der Waals surface area contributed by atoms with Crippen LogP contribution in [0.4, 0.5) is 26.3 Å². The summed E-state index contributed by atoms with van der Waals surface area (Å²) < 4.78 is 87.5. The minimum absolute atomic E-state index is 0.0671. The lowest BCUT2D eigenvalue weighted by molar-refractivity contribution is -0.143. The summed E-state index contributed by atoms with van der Waals surface area (Å²) in [5.74, 6) is 0. The molecule has 6 rings (SSSR count). The van der Waals surface area contributed by atoms with E-state index in [4.69, 9.17) is 4.42 Å². The van der Waals surface area contributed by atoms with Crippen molar-refractivity contribution in [2.45, 2.75) is 18.9 Å². The minimum atomic E-state index is -5.00. The van der Waals surface area contributed by atoms with Crippen LogP contribution >= 0.6 is 0 Å². The Balaban J connectivity index is 1.67. The Bertz CT molecular complexity index is 1990. The summed E-state index contributed by atoms with van der Waals surface area (Å²) in [4.78, 5) is 26.0. The van der Waals surface area contributed by atoms with Gasteiger partial charge in [-0.25, -0.2) is 0 Å². The van der Waals surface area contributed by atoms with Crippen molar-refractivity contribution in [2.24, 2.45) is 0 Å². The van der Waals surface area contributed by atoms with Crippen molar-refractivity contribution in [3.8, 4) is 11.1 Å². The molecule has 2 heterocycles. The maximum absolute atomic E-state index is 13.4. The van der Waals surface area contributed by atoms with Gasteiger partial charge in [0.25, 0.3) is 11.1 Å². The van der Waals surface area contributed by atoms with Gasteiger partial charge >= 0.3 is 12.4 Å². The fourth-order valence-corrected chi connectivity index (χ4v) is 5.07. The smallest absolute Gasteiger partial charge is 0.416 e. The second-order valence-electron chi connectivity index (χ2n) is 9.12. The maximum Gasteiger partial charge on any atom is 0.416 e. The molecule has 0 amide bonds. The van der Waals surface area contributed by atoms with Crippen molar-refractivity contribution >= 4 is 43.5 Å². The molecule has 0 radical (unpaired) electrons. The summed E-state index contributed by atoms with van der Waals surface area (Å²) in [5.41, 5.74) is -3.66. The zero-order chi connectivity index (χ0) is 27.9. The van der Waals surface area contributed by atoms with E-state index in [1.165, 1.54) is 30.3 Å². The molecule has 0 bridgehead atoms. The van der Waals surface area contributed by atoms with E-state index in [2.05, 4.69) is 0 Å². The summed E-state index contributed by atoms with van der Waals surface area (Å²) in [6, 6.07) is 11.7. The molecule has 4 aromatic carbocycles. The van der Waals surface area contributed by atoms with Crippen LogP contribution in [0.15, 0.2) is 74.7 Å². The number of aliphatic hydroxyl groups excluding tert-OH is 1. The average molecular weight is 543 g/mol. The number of hydrogen-bond acceptors (Lipinski definition) is 4. The lowest BCUT2D eigenvalue weighted by Crippen LogP contribution is -2.34. The zero-order valence-electron chi connectivity index (χ0n) is 19.6. The lowest BCUT2D eigenvalue weighted by atomic mass is 9.94. The molecular formula is C28H15F6NO4. The van der Waals surface area contributed by atoms with E-state index in [-0.39, 0.29) is 34.5 Å². The van der Waals surface area contributed by atoms with E-state index in [0.717, 1.165) is 4.57 Å². The van der Waals surface area contributed by atoms with Crippen LogP contribution in [0.3, 0.4) is 0 Å². The molecule has 2 aromatic heterocycles. The van der Waals surface area contributed by atoms with Gasteiger partial charge in [0.2, 0.25) is 0 Å². The predicted molar refractivity (Wildman–Crippen MR) is 133 cm³/mol. The molecule has 1 N–H and O–H groups in total. The van der Waals surface area contributed by atoms with Crippen LogP contribution < -0.4 is 11.1 Å². The fourth-order valence-electron chi connectivity index (χ4n) is 5.07. The molecule has 39 heavy (non-hydrogen) atoms. The fraction of sp³-hybridized carbons (Fsp3) is 0.143. The van der Waals surface area contributed by atoms with Crippen molar-refractivity contribution < 1.29 is 35.9 Å². The van der Waals surface area contributed by atoms with Crippen LogP contribution in [0.25, 0.3) is 54.6 Å².